The van der Waals surface area contributed by atoms with Crippen LogP contribution in [0.5, 0.6) is 0 Å². The van der Waals surface area contributed by atoms with Crippen molar-refractivity contribution in [2.75, 3.05) is 13.2 Å². The Labute approximate surface area is 158 Å². The van der Waals surface area contributed by atoms with E-state index in [1.165, 1.54) is 12.1 Å². The summed E-state index contributed by atoms with van der Waals surface area (Å²) in [7, 11) is -3.96. The highest BCUT2D eigenvalue weighted by molar-refractivity contribution is 7.89. The van der Waals surface area contributed by atoms with Gasteiger partial charge in [0.15, 0.2) is 0 Å². The fraction of sp³-hybridized carbons (Fsp3) is 0.316. The first-order valence-corrected chi connectivity index (χ1v) is 10.2. The average molecular weight is 390 g/mol. The van der Waals surface area contributed by atoms with Gasteiger partial charge in [-0.25, -0.2) is 13.1 Å². The standard InChI is InChI=1S/C19H22N2O5S/c22-12-15(10-18(23)14-4-2-1-3-5-14)21-27(25,26)16-7-6-13-8-9-20-19(24)17(13)11-16/h1-7,11,15,18,21-23H,8-10,12H2,(H,20,24)/t15-,18-/m1/s1. The second-order valence-electron chi connectivity index (χ2n) is 6.49. The number of nitrogens with one attached hydrogen (secondary N) is 2. The molecule has 4 N–H and O–H groups in total. The topological polar surface area (TPSA) is 116 Å². The Balaban J connectivity index is 1.76. The highest BCUT2D eigenvalue weighted by Crippen LogP contribution is 2.21. The molecule has 2 atom stereocenters. The predicted octanol–water partition coefficient (Wildman–Crippen LogP) is 0.735. The molecule has 144 valence electrons. The Hall–Kier alpha value is -2.26. The second kappa shape index (κ2) is 8.18. The molecule has 8 heteroatoms. The zero-order valence-electron chi connectivity index (χ0n) is 14.6. The summed E-state index contributed by atoms with van der Waals surface area (Å²) in [6.45, 7) is 0.0642. The zero-order chi connectivity index (χ0) is 19.4. The van der Waals surface area contributed by atoms with E-state index < -0.39 is 28.8 Å². The van der Waals surface area contributed by atoms with Gasteiger partial charge in [-0.3, -0.25) is 4.79 Å². The number of carbonyl (C=O) groups is 1. The van der Waals surface area contributed by atoms with E-state index in [-0.39, 0.29) is 17.2 Å². The minimum Gasteiger partial charge on any atom is -0.395 e. The van der Waals surface area contributed by atoms with E-state index in [1.807, 2.05) is 6.07 Å². The minimum atomic E-state index is -3.96. The van der Waals surface area contributed by atoms with Crippen molar-refractivity contribution in [3.05, 3.63) is 65.2 Å². The fourth-order valence-electron chi connectivity index (χ4n) is 3.09. The Morgan fingerprint density at radius 3 is 2.59 bits per heavy atom. The van der Waals surface area contributed by atoms with E-state index in [0.29, 0.717) is 24.1 Å². The maximum atomic E-state index is 12.7. The summed E-state index contributed by atoms with van der Waals surface area (Å²) in [4.78, 5) is 11.9. The molecule has 2 aromatic carbocycles. The molecular formula is C19H22N2O5S. The quantitative estimate of drug-likeness (QED) is 0.556. The van der Waals surface area contributed by atoms with E-state index >= 15 is 0 Å². The summed E-state index contributed by atoms with van der Waals surface area (Å²) < 4.78 is 27.8. The average Bonchev–Trinajstić information content (AvgIpc) is 2.68. The summed E-state index contributed by atoms with van der Waals surface area (Å²) in [6, 6.07) is 12.4. The van der Waals surface area contributed by atoms with Crippen LogP contribution in [0.2, 0.25) is 0 Å². The van der Waals surface area contributed by atoms with Crippen LogP contribution in [-0.2, 0) is 16.4 Å². The summed E-state index contributed by atoms with van der Waals surface area (Å²) in [6.07, 6.45) is -0.247. The smallest absolute Gasteiger partial charge is 0.251 e. The molecular weight excluding hydrogens is 368 g/mol. The second-order valence-corrected chi connectivity index (χ2v) is 8.20. The number of sulfonamides is 1. The normalized spacial score (nSPS) is 16.3. The van der Waals surface area contributed by atoms with Gasteiger partial charge in [0.2, 0.25) is 10.0 Å². The molecule has 1 heterocycles. The van der Waals surface area contributed by atoms with Gasteiger partial charge in [-0.1, -0.05) is 36.4 Å². The number of hydrogen-bond donors (Lipinski definition) is 4. The van der Waals surface area contributed by atoms with Crippen molar-refractivity contribution in [2.45, 2.75) is 29.9 Å². The van der Waals surface area contributed by atoms with E-state index in [2.05, 4.69) is 10.0 Å². The molecule has 7 nitrogen and oxygen atoms in total. The number of rotatable bonds is 7. The molecule has 1 amide bonds. The van der Waals surface area contributed by atoms with Gasteiger partial charge in [0.1, 0.15) is 0 Å². The van der Waals surface area contributed by atoms with Gasteiger partial charge in [-0.15, -0.1) is 0 Å². The summed E-state index contributed by atoms with van der Waals surface area (Å²) in [5.74, 6) is -0.300. The lowest BCUT2D eigenvalue weighted by Gasteiger charge is -2.21. The number of carbonyl (C=O) groups excluding carboxylic acids is 1. The fourth-order valence-corrected chi connectivity index (χ4v) is 4.35. The molecule has 0 unspecified atom stereocenters. The molecule has 0 aromatic heterocycles. The third kappa shape index (κ3) is 4.54. The van der Waals surface area contributed by atoms with Gasteiger partial charge >= 0.3 is 0 Å². The van der Waals surface area contributed by atoms with Crippen LogP contribution in [-0.4, -0.2) is 43.7 Å². The molecule has 0 bridgehead atoms. The van der Waals surface area contributed by atoms with Crippen molar-refractivity contribution < 1.29 is 23.4 Å². The summed E-state index contributed by atoms with van der Waals surface area (Å²) >= 11 is 0. The molecule has 0 spiro atoms. The maximum Gasteiger partial charge on any atom is 0.251 e. The number of hydrogen-bond acceptors (Lipinski definition) is 5. The van der Waals surface area contributed by atoms with Crippen molar-refractivity contribution in [1.82, 2.24) is 10.0 Å². The third-order valence-electron chi connectivity index (χ3n) is 4.55. The molecule has 0 fully saturated rings. The lowest BCUT2D eigenvalue weighted by molar-refractivity contribution is 0.0945. The van der Waals surface area contributed by atoms with E-state index in [4.69, 9.17) is 0 Å². The Bertz CT molecular complexity index is 915. The first-order valence-electron chi connectivity index (χ1n) is 8.68. The van der Waals surface area contributed by atoms with E-state index in [9.17, 15) is 23.4 Å². The first kappa shape index (κ1) is 19.5. The number of aliphatic hydroxyl groups excluding tert-OH is 2. The summed E-state index contributed by atoms with van der Waals surface area (Å²) in [5.41, 5.74) is 1.78. The van der Waals surface area contributed by atoms with Gasteiger partial charge in [0, 0.05) is 18.2 Å². The van der Waals surface area contributed by atoms with Crippen LogP contribution in [0.15, 0.2) is 53.4 Å². The van der Waals surface area contributed by atoms with Crippen LogP contribution in [0.3, 0.4) is 0 Å². The van der Waals surface area contributed by atoms with Crippen LogP contribution in [0.1, 0.15) is 34.0 Å². The van der Waals surface area contributed by atoms with Crippen molar-refractivity contribution >= 4 is 15.9 Å². The van der Waals surface area contributed by atoms with Gasteiger partial charge in [-0.2, -0.15) is 0 Å². The van der Waals surface area contributed by atoms with Crippen molar-refractivity contribution in [3.8, 4) is 0 Å². The van der Waals surface area contributed by atoms with Gasteiger partial charge in [0.05, 0.1) is 17.6 Å². The molecule has 3 rings (SSSR count). The molecule has 1 aliphatic rings. The van der Waals surface area contributed by atoms with Crippen molar-refractivity contribution in [3.63, 3.8) is 0 Å². The largest absolute Gasteiger partial charge is 0.395 e. The lowest BCUT2D eigenvalue weighted by atomic mass is 10.0. The Morgan fingerprint density at radius 1 is 1.15 bits per heavy atom. The monoisotopic (exact) mass is 390 g/mol. The van der Waals surface area contributed by atoms with Gasteiger partial charge in [-0.05, 0) is 36.1 Å². The molecule has 27 heavy (non-hydrogen) atoms. The highest BCUT2D eigenvalue weighted by atomic mass is 32.2. The summed E-state index contributed by atoms with van der Waals surface area (Å²) in [5, 5.41) is 22.5. The van der Waals surface area contributed by atoms with Gasteiger partial charge in [0.25, 0.3) is 5.91 Å². The first-order chi connectivity index (χ1) is 12.9. The van der Waals surface area contributed by atoms with Crippen molar-refractivity contribution in [1.29, 1.82) is 0 Å². The molecule has 0 radical (unpaired) electrons. The highest BCUT2D eigenvalue weighted by Gasteiger charge is 2.25. The molecule has 2 aromatic rings. The van der Waals surface area contributed by atoms with E-state index in [0.717, 1.165) is 5.56 Å². The SMILES string of the molecule is O=C1NCCc2ccc(S(=O)(=O)N[C@@H](CO)C[C@@H](O)c3ccccc3)cc21. The van der Waals surface area contributed by atoms with Crippen LogP contribution in [0, 0.1) is 0 Å². The molecule has 1 aliphatic heterocycles. The molecule has 0 aliphatic carbocycles. The van der Waals surface area contributed by atoms with Crippen LogP contribution in [0.25, 0.3) is 0 Å². The minimum absolute atomic E-state index is 0.0190. The molecule has 0 saturated heterocycles. The number of amides is 1. The van der Waals surface area contributed by atoms with Crippen LogP contribution >= 0.6 is 0 Å². The number of aliphatic hydroxyl groups is 2. The maximum absolute atomic E-state index is 12.7. The van der Waals surface area contributed by atoms with Crippen molar-refractivity contribution in [2.24, 2.45) is 0 Å². The third-order valence-corrected chi connectivity index (χ3v) is 6.07. The Morgan fingerprint density at radius 2 is 1.89 bits per heavy atom. The van der Waals surface area contributed by atoms with Crippen LogP contribution in [0.4, 0.5) is 0 Å². The predicted molar refractivity (Wildman–Crippen MR) is 99.7 cm³/mol. The Kier molecular flexibility index (Phi) is 5.91. The van der Waals surface area contributed by atoms with Gasteiger partial charge < -0.3 is 15.5 Å². The lowest BCUT2D eigenvalue weighted by Crippen LogP contribution is -2.39. The number of benzene rings is 2. The molecule has 0 saturated carbocycles. The zero-order valence-corrected chi connectivity index (χ0v) is 15.4. The van der Waals surface area contributed by atoms with E-state index in [1.54, 1.807) is 30.3 Å². The van der Waals surface area contributed by atoms with Crippen LogP contribution < -0.4 is 10.0 Å². The number of fused-ring (bicyclic) bond motifs is 1.